The molecule has 13 heavy (non-hydrogen) atoms. The van der Waals surface area contributed by atoms with E-state index in [0.717, 1.165) is 12.0 Å². The molecule has 4 N–H and O–H groups in total. The summed E-state index contributed by atoms with van der Waals surface area (Å²) < 4.78 is 0. The highest BCUT2D eigenvalue weighted by Gasteiger charge is 1.95. The van der Waals surface area contributed by atoms with Crippen LogP contribution in [-0.4, -0.2) is 18.7 Å². The molecule has 0 aromatic heterocycles. The van der Waals surface area contributed by atoms with Crippen LogP contribution in [0.4, 0.5) is 5.69 Å². The van der Waals surface area contributed by atoms with E-state index in [4.69, 9.17) is 11.1 Å². The quantitative estimate of drug-likeness (QED) is 0.357. The second kappa shape index (κ2) is 4.25. The number of nitrogen functional groups attached to an aromatic ring is 1. The Morgan fingerprint density at radius 2 is 2.08 bits per heavy atom. The van der Waals surface area contributed by atoms with Crippen LogP contribution in [0.2, 0.25) is 0 Å². The largest absolute Gasteiger partial charge is 0.384 e. The van der Waals surface area contributed by atoms with Gasteiger partial charge in [0.1, 0.15) is 12.1 Å². The second-order valence-electron chi connectivity index (χ2n) is 2.54. The van der Waals surface area contributed by atoms with E-state index in [2.05, 4.69) is 5.32 Å². The fourth-order valence-electron chi connectivity index (χ4n) is 0.927. The third kappa shape index (κ3) is 2.59. The Hall–Kier alpha value is -1.84. The van der Waals surface area contributed by atoms with Gasteiger partial charge in [-0.1, -0.05) is 0 Å². The molecule has 0 fully saturated rings. The molecule has 0 aliphatic rings. The van der Waals surface area contributed by atoms with Gasteiger partial charge in [-0.05, 0) is 24.3 Å². The fourth-order valence-corrected chi connectivity index (χ4v) is 0.927. The molecule has 0 aliphatic carbocycles. The molecule has 0 aliphatic heterocycles. The number of benzene rings is 1. The van der Waals surface area contributed by atoms with Crippen LogP contribution in [0, 0.1) is 5.41 Å². The highest BCUT2D eigenvalue weighted by atomic mass is 16.1. The Morgan fingerprint density at radius 1 is 1.46 bits per heavy atom. The summed E-state index contributed by atoms with van der Waals surface area (Å²) in [4.78, 5) is 10.0. The Balaban J connectivity index is 2.69. The molecule has 0 unspecified atom stereocenters. The van der Waals surface area contributed by atoms with Gasteiger partial charge >= 0.3 is 0 Å². The summed E-state index contributed by atoms with van der Waals surface area (Å²) >= 11 is 0. The molecule has 0 amide bonds. The van der Waals surface area contributed by atoms with Crippen molar-refractivity contribution in [2.24, 2.45) is 5.73 Å². The van der Waals surface area contributed by atoms with E-state index in [1.165, 1.54) is 0 Å². The zero-order valence-corrected chi connectivity index (χ0v) is 7.08. The van der Waals surface area contributed by atoms with Gasteiger partial charge in [0, 0.05) is 11.3 Å². The summed E-state index contributed by atoms with van der Waals surface area (Å²) in [5.74, 6) is 0.0435. The van der Waals surface area contributed by atoms with Gasteiger partial charge in [0.2, 0.25) is 0 Å². The zero-order valence-electron chi connectivity index (χ0n) is 7.08. The van der Waals surface area contributed by atoms with Crippen molar-refractivity contribution in [2.45, 2.75) is 0 Å². The van der Waals surface area contributed by atoms with Crippen molar-refractivity contribution >= 4 is 17.8 Å². The van der Waals surface area contributed by atoms with Crippen molar-refractivity contribution in [1.29, 1.82) is 5.41 Å². The molecule has 0 saturated carbocycles. The zero-order chi connectivity index (χ0) is 9.68. The van der Waals surface area contributed by atoms with Crippen LogP contribution in [0.3, 0.4) is 0 Å². The molecule has 1 aromatic carbocycles. The summed E-state index contributed by atoms with van der Waals surface area (Å²) in [7, 11) is 0. The molecule has 0 heterocycles. The van der Waals surface area contributed by atoms with Gasteiger partial charge < -0.3 is 15.8 Å². The fraction of sp³-hybridized carbons (Fsp3) is 0.111. The van der Waals surface area contributed by atoms with Crippen LogP contribution in [0.15, 0.2) is 24.3 Å². The number of nitrogens with one attached hydrogen (secondary N) is 2. The number of rotatable bonds is 4. The van der Waals surface area contributed by atoms with E-state index in [-0.39, 0.29) is 5.84 Å². The molecule has 68 valence electrons. The molecule has 4 heteroatoms. The summed E-state index contributed by atoms with van der Waals surface area (Å²) in [5.41, 5.74) is 6.79. The van der Waals surface area contributed by atoms with E-state index < -0.39 is 0 Å². The minimum atomic E-state index is 0.0435. The van der Waals surface area contributed by atoms with Crippen molar-refractivity contribution in [1.82, 2.24) is 0 Å². The van der Waals surface area contributed by atoms with E-state index in [1.54, 1.807) is 24.3 Å². The van der Waals surface area contributed by atoms with Crippen LogP contribution < -0.4 is 11.1 Å². The first kappa shape index (κ1) is 9.25. The Bertz CT molecular complexity index is 305. The van der Waals surface area contributed by atoms with Crippen molar-refractivity contribution in [3.63, 3.8) is 0 Å². The maximum Gasteiger partial charge on any atom is 0.139 e. The molecule has 1 aromatic rings. The monoisotopic (exact) mass is 177 g/mol. The van der Waals surface area contributed by atoms with Gasteiger partial charge in [-0.25, -0.2) is 0 Å². The molecule has 0 saturated heterocycles. The van der Waals surface area contributed by atoms with Gasteiger partial charge in [-0.15, -0.1) is 0 Å². The highest BCUT2D eigenvalue weighted by Crippen LogP contribution is 2.07. The smallest absolute Gasteiger partial charge is 0.139 e. The summed E-state index contributed by atoms with van der Waals surface area (Å²) in [6.45, 7) is 0.291. The first-order chi connectivity index (χ1) is 6.24. The molecule has 4 nitrogen and oxygen atoms in total. The van der Waals surface area contributed by atoms with Crippen LogP contribution in [0.5, 0.6) is 0 Å². The normalized spacial score (nSPS) is 9.23. The van der Waals surface area contributed by atoms with Gasteiger partial charge in [-0.2, -0.15) is 0 Å². The van der Waals surface area contributed by atoms with Gasteiger partial charge in [-0.3, -0.25) is 5.41 Å². The molecule has 0 radical (unpaired) electrons. The van der Waals surface area contributed by atoms with E-state index in [0.29, 0.717) is 12.1 Å². The Labute approximate surface area is 76.3 Å². The van der Waals surface area contributed by atoms with E-state index in [1.807, 2.05) is 0 Å². The molecular weight excluding hydrogens is 166 g/mol. The third-order valence-electron chi connectivity index (χ3n) is 1.59. The number of carbonyl (C=O) groups is 1. The lowest BCUT2D eigenvalue weighted by Crippen LogP contribution is -2.11. The lowest BCUT2D eigenvalue weighted by atomic mass is 10.2. The lowest BCUT2D eigenvalue weighted by Gasteiger charge is -2.02. The lowest BCUT2D eigenvalue weighted by molar-refractivity contribution is -0.106. The first-order valence-corrected chi connectivity index (χ1v) is 3.86. The second-order valence-corrected chi connectivity index (χ2v) is 2.54. The van der Waals surface area contributed by atoms with Crippen molar-refractivity contribution in [3.05, 3.63) is 29.8 Å². The maximum absolute atomic E-state index is 10.0. The van der Waals surface area contributed by atoms with Gasteiger partial charge in [0.25, 0.3) is 0 Å². The Morgan fingerprint density at radius 3 is 2.54 bits per heavy atom. The topological polar surface area (TPSA) is 79.0 Å². The minimum Gasteiger partial charge on any atom is -0.384 e. The van der Waals surface area contributed by atoms with Crippen molar-refractivity contribution in [2.75, 3.05) is 11.9 Å². The molecule has 1 rings (SSSR count). The SMILES string of the molecule is N=C(N)c1ccc(NCC=O)cc1. The molecule has 0 atom stereocenters. The van der Waals surface area contributed by atoms with Crippen LogP contribution in [0.25, 0.3) is 0 Å². The molecular formula is C9H11N3O. The average Bonchev–Trinajstić information content (AvgIpc) is 2.15. The van der Waals surface area contributed by atoms with Crippen molar-refractivity contribution < 1.29 is 4.79 Å². The average molecular weight is 177 g/mol. The third-order valence-corrected chi connectivity index (χ3v) is 1.59. The number of anilines is 1. The van der Waals surface area contributed by atoms with E-state index in [9.17, 15) is 4.79 Å². The van der Waals surface area contributed by atoms with Crippen LogP contribution >= 0.6 is 0 Å². The number of hydrogen-bond acceptors (Lipinski definition) is 3. The Kier molecular flexibility index (Phi) is 3.03. The minimum absolute atomic E-state index is 0.0435. The summed E-state index contributed by atoms with van der Waals surface area (Å²) in [6.07, 6.45) is 0.791. The molecule has 0 spiro atoms. The predicted molar refractivity (Wildman–Crippen MR) is 52.0 cm³/mol. The predicted octanol–water partition coefficient (Wildman–Crippen LogP) is 0.581. The maximum atomic E-state index is 10.0. The highest BCUT2D eigenvalue weighted by molar-refractivity contribution is 5.95. The number of hydrogen-bond donors (Lipinski definition) is 3. The van der Waals surface area contributed by atoms with Crippen molar-refractivity contribution in [3.8, 4) is 0 Å². The van der Waals surface area contributed by atoms with Gasteiger partial charge in [0.15, 0.2) is 0 Å². The van der Waals surface area contributed by atoms with Gasteiger partial charge in [0.05, 0.1) is 6.54 Å². The number of carbonyl (C=O) groups excluding carboxylic acids is 1. The standard InChI is InChI=1S/C9H11N3O/c10-9(11)7-1-3-8(4-2-7)12-5-6-13/h1-4,6,12H,5H2,(H3,10,11). The summed E-state index contributed by atoms with van der Waals surface area (Å²) in [5, 5.41) is 10.0. The number of aldehydes is 1. The first-order valence-electron chi connectivity index (χ1n) is 3.86. The van der Waals surface area contributed by atoms with Crippen LogP contribution in [-0.2, 0) is 4.79 Å². The number of nitrogens with two attached hydrogens (primary N) is 1. The number of amidine groups is 1. The molecule has 0 bridgehead atoms. The van der Waals surface area contributed by atoms with E-state index >= 15 is 0 Å². The van der Waals surface area contributed by atoms with Crippen LogP contribution in [0.1, 0.15) is 5.56 Å². The summed E-state index contributed by atoms with van der Waals surface area (Å²) in [6, 6.07) is 7.02.